The summed E-state index contributed by atoms with van der Waals surface area (Å²) in [5, 5.41) is 3.22. The number of rotatable bonds is 2. The molecule has 0 spiro atoms. The number of aryl methyl sites for hydroxylation is 1. The average Bonchev–Trinajstić information content (AvgIpc) is 2.60. The van der Waals surface area contributed by atoms with Crippen molar-refractivity contribution in [2.24, 2.45) is 0 Å². The number of hydrogen-bond donors (Lipinski definition) is 1. The molecular formula is C10H8BrClN2OS. The minimum Gasteiger partial charge on any atom is -0.301 e. The van der Waals surface area contributed by atoms with E-state index in [1.54, 1.807) is 0 Å². The molecule has 0 aliphatic carbocycles. The molecule has 16 heavy (non-hydrogen) atoms. The first-order valence-electron chi connectivity index (χ1n) is 4.52. The Hall–Kier alpha value is -0.650. The number of amides is 1. The van der Waals surface area contributed by atoms with Crippen LogP contribution in [0.5, 0.6) is 0 Å². The summed E-state index contributed by atoms with van der Waals surface area (Å²) in [6, 6.07) is 4.03. The summed E-state index contributed by atoms with van der Waals surface area (Å²) in [7, 11) is 0. The van der Waals surface area contributed by atoms with Gasteiger partial charge in [-0.1, -0.05) is 11.3 Å². The molecule has 84 valence electrons. The number of nitrogens with one attached hydrogen (secondary N) is 1. The van der Waals surface area contributed by atoms with E-state index in [0.717, 1.165) is 20.3 Å². The van der Waals surface area contributed by atoms with Gasteiger partial charge in [-0.25, -0.2) is 4.98 Å². The third kappa shape index (κ3) is 2.36. The van der Waals surface area contributed by atoms with E-state index in [4.69, 9.17) is 11.6 Å². The Morgan fingerprint density at radius 2 is 2.38 bits per heavy atom. The molecule has 0 aliphatic heterocycles. The van der Waals surface area contributed by atoms with Crippen LogP contribution in [0.4, 0.5) is 5.13 Å². The number of carbonyl (C=O) groups is 1. The highest BCUT2D eigenvalue weighted by Crippen LogP contribution is 2.32. The van der Waals surface area contributed by atoms with E-state index in [2.05, 4.69) is 26.2 Å². The molecule has 0 saturated heterocycles. The van der Waals surface area contributed by atoms with Gasteiger partial charge in [0.15, 0.2) is 5.13 Å². The Morgan fingerprint density at radius 1 is 1.62 bits per heavy atom. The van der Waals surface area contributed by atoms with Crippen LogP contribution in [0.1, 0.15) is 5.56 Å². The second-order valence-electron chi connectivity index (χ2n) is 3.29. The highest BCUT2D eigenvalue weighted by Gasteiger charge is 2.09. The zero-order valence-electron chi connectivity index (χ0n) is 8.38. The van der Waals surface area contributed by atoms with E-state index in [-0.39, 0.29) is 11.8 Å². The second kappa shape index (κ2) is 4.69. The molecule has 0 unspecified atom stereocenters. The first-order valence-corrected chi connectivity index (χ1v) is 6.67. The van der Waals surface area contributed by atoms with E-state index in [1.165, 1.54) is 11.3 Å². The molecule has 3 nitrogen and oxygen atoms in total. The molecule has 1 heterocycles. The van der Waals surface area contributed by atoms with E-state index < -0.39 is 0 Å². The Morgan fingerprint density at radius 3 is 3.06 bits per heavy atom. The summed E-state index contributed by atoms with van der Waals surface area (Å²) in [5.41, 5.74) is 2.01. The number of halogens is 2. The lowest BCUT2D eigenvalue weighted by molar-refractivity contribution is -0.113. The smallest absolute Gasteiger partial charge is 0.241 e. The molecule has 1 N–H and O–H groups in total. The fourth-order valence-corrected chi connectivity index (χ4v) is 3.19. The molecule has 1 amide bonds. The van der Waals surface area contributed by atoms with Crippen LogP contribution < -0.4 is 5.32 Å². The van der Waals surface area contributed by atoms with Gasteiger partial charge in [-0.2, -0.15) is 0 Å². The number of aromatic nitrogens is 1. The number of alkyl halides is 1. The molecule has 1 aromatic carbocycles. The van der Waals surface area contributed by atoms with Crippen molar-refractivity contribution < 1.29 is 4.79 Å². The Labute approximate surface area is 110 Å². The summed E-state index contributed by atoms with van der Waals surface area (Å²) < 4.78 is 1.97. The van der Waals surface area contributed by atoms with Crippen LogP contribution in [0.15, 0.2) is 16.6 Å². The van der Waals surface area contributed by atoms with Crippen LogP contribution in [-0.2, 0) is 4.79 Å². The van der Waals surface area contributed by atoms with Crippen molar-refractivity contribution in [3.8, 4) is 0 Å². The maximum atomic E-state index is 11.1. The molecule has 0 fully saturated rings. The van der Waals surface area contributed by atoms with Gasteiger partial charge >= 0.3 is 0 Å². The molecule has 0 saturated carbocycles. The van der Waals surface area contributed by atoms with Crippen molar-refractivity contribution in [1.29, 1.82) is 0 Å². The van der Waals surface area contributed by atoms with Crippen molar-refractivity contribution in [2.45, 2.75) is 6.92 Å². The first-order chi connectivity index (χ1) is 7.60. The summed E-state index contributed by atoms with van der Waals surface area (Å²) in [5.74, 6) is -0.301. The van der Waals surface area contributed by atoms with E-state index in [0.29, 0.717) is 5.13 Å². The maximum absolute atomic E-state index is 11.1. The fraction of sp³-hybridized carbons (Fsp3) is 0.200. The van der Waals surface area contributed by atoms with E-state index in [9.17, 15) is 4.79 Å². The standard InChI is InChI=1S/C10H8BrClN2OS/c1-5-2-6(11)9-7(3-5)16-10(14-9)13-8(15)4-12/h2-3H,4H2,1H3,(H,13,14,15). The predicted molar refractivity (Wildman–Crippen MR) is 71.4 cm³/mol. The quantitative estimate of drug-likeness (QED) is 0.860. The molecule has 1 aromatic heterocycles. The number of nitrogens with zero attached hydrogens (tertiary/aromatic N) is 1. The maximum Gasteiger partial charge on any atom is 0.241 e. The van der Waals surface area contributed by atoms with Gasteiger partial charge in [-0.05, 0) is 40.5 Å². The van der Waals surface area contributed by atoms with Gasteiger partial charge in [0.05, 0.1) is 10.2 Å². The lowest BCUT2D eigenvalue weighted by Crippen LogP contribution is -2.11. The van der Waals surface area contributed by atoms with Crippen LogP contribution >= 0.6 is 38.9 Å². The highest BCUT2D eigenvalue weighted by atomic mass is 79.9. The van der Waals surface area contributed by atoms with Crippen LogP contribution in [0.2, 0.25) is 0 Å². The zero-order valence-corrected chi connectivity index (χ0v) is 11.5. The van der Waals surface area contributed by atoms with Gasteiger partial charge in [0.1, 0.15) is 5.88 Å². The average molecular weight is 320 g/mol. The number of carbonyl (C=O) groups excluding carboxylic acids is 1. The first kappa shape index (κ1) is 11.8. The topological polar surface area (TPSA) is 42.0 Å². The van der Waals surface area contributed by atoms with Gasteiger partial charge in [0.2, 0.25) is 5.91 Å². The minimum absolute atomic E-state index is 0.0594. The van der Waals surface area contributed by atoms with Crippen LogP contribution in [-0.4, -0.2) is 16.8 Å². The van der Waals surface area contributed by atoms with Gasteiger partial charge in [-0.15, -0.1) is 11.6 Å². The lowest BCUT2D eigenvalue weighted by Gasteiger charge is -1.95. The molecule has 2 aromatic rings. The number of hydrogen-bond acceptors (Lipinski definition) is 3. The van der Waals surface area contributed by atoms with Crippen molar-refractivity contribution in [1.82, 2.24) is 4.98 Å². The lowest BCUT2D eigenvalue weighted by atomic mass is 10.2. The normalized spacial score (nSPS) is 10.7. The van der Waals surface area contributed by atoms with Crippen LogP contribution in [0, 0.1) is 6.92 Å². The van der Waals surface area contributed by atoms with Gasteiger partial charge < -0.3 is 5.32 Å². The highest BCUT2D eigenvalue weighted by molar-refractivity contribution is 9.10. The Balaban J connectivity index is 2.44. The van der Waals surface area contributed by atoms with Crippen molar-refractivity contribution in [2.75, 3.05) is 11.2 Å². The molecule has 2 rings (SSSR count). The SMILES string of the molecule is Cc1cc(Br)c2nc(NC(=O)CCl)sc2c1. The number of anilines is 1. The number of benzene rings is 1. The summed E-state index contributed by atoms with van der Waals surface area (Å²) in [6.45, 7) is 2.01. The molecule has 0 atom stereocenters. The van der Waals surface area contributed by atoms with Crippen molar-refractivity contribution in [3.63, 3.8) is 0 Å². The zero-order chi connectivity index (χ0) is 11.7. The summed E-state index contributed by atoms with van der Waals surface area (Å²) >= 11 is 10.3. The second-order valence-corrected chi connectivity index (χ2v) is 5.45. The van der Waals surface area contributed by atoms with Crippen LogP contribution in [0.25, 0.3) is 10.2 Å². The minimum atomic E-state index is -0.242. The fourth-order valence-electron chi connectivity index (χ4n) is 1.32. The summed E-state index contributed by atoms with van der Waals surface area (Å²) in [4.78, 5) is 15.4. The number of fused-ring (bicyclic) bond motifs is 1. The van der Waals surface area contributed by atoms with Crippen LogP contribution in [0.3, 0.4) is 0 Å². The van der Waals surface area contributed by atoms with E-state index in [1.807, 2.05) is 19.1 Å². The van der Waals surface area contributed by atoms with Gasteiger partial charge in [-0.3, -0.25) is 4.79 Å². The summed E-state index contributed by atoms with van der Waals surface area (Å²) in [6.07, 6.45) is 0. The van der Waals surface area contributed by atoms with Crippen molar-refractivity contribution in [3.05, 3.63) is 22.2 Å². The molecular weight excluding hydrogens is 312 g/mol. The third-order valence-corrected chi connectivity index (χ3v) is 3.73. The molecule has 6 heteroatoms. The van der Waals surface area contributed by atoms with Gasteiger partial charge in [0.25, 0.3) is 0 Å². The van der Waals surface area contributed by atoms with Gasteiger partial charge in [0, 0.05) is 4.47 Å². The molecule has 0 bridgehead atoms. The molecule has 0 radical (unpaired) electrons. The Bertz CT molecular complexity index is 555. The molecule has 0 aliphatic rings. The monoisotopic (exact) mass is 318 g/mol. The largest absolute Gasteiger partial charge is 0.301 e. The van der Waals surface area contributed by atoms with E-state index >= 15 is 0 Å². The third-order valence-electron chi connectivity index (χ3n) is 1.96. The predicted octanol–water partition coefficient (Wildman–Crippen LogP) is 3.54. The Kier molecular flexibility index (Phi) is 3.47. The number of thiazole rings is 1. The van der Waals surface area contributed by atoms with Crippen molar-refractivity contribution >= 4 is 60.1 Å².